The SMILES string of the molecule is C#CCCCC(=O)OCC(C)(COC(=O)CCCC#C)COC(=O)OC(C)Cl. The predicted molar refractivity (Wildman–Crippen MR) is 103 cm³/mol. The van der Waals surface area contributed by atoms with Gasteiger partial charge in [0.2, 0.25) is 0 Å². The number of alkyl halides is 1. The summed E-state index contributed by atoms with van der Waals surface area (Å²) in [7, 11) is 0. The van der Waals surface area contributed by atoms with Crippen LogP contribution in [-0.4, -0.2) is 43.5 Å². The van der Waals surface area contributed by atoms with Crippen molar-refractivity contribution < 1.29 is 33.3 Å². The Morgan fingerprint density at radius 3 is 1.75 bits per heavy atom. The van der Waals surface area contributed by atoms with Crippen LogP contribution in [0.5, 0.6) is 0 Å². The second-order valence-corrected chi connectivity index (χ2v) is 7.06. The predicted octanol–water partition coefficient (Wildman–Crippen LogP) is 3.42. The van der Waals surface area contributed by atoms with Crippen molar-refractivity contribution in [3.63, 3.8) is 0 Å². The van der Waals surface area contributed by atoms with Gasteiger partial charge >= 0.3 is 18.1 Å². The van der Waals surface area contributed by atoms with Crippen molar-refractivity contribution in [3.8, 4) is 24.7 Å². The number of rotatable bonds is 13. The van der Waals surface area contributed by atoms with Gasteiger partial charge in [-0.05, 0) is 26.7 Å². The molecule has 0 radical (unpaired) electrons. The Morgan fingerprint density at radius 1 is 0.929 bits per heavy atom. The second-order valence-electron chi connectivity index (χ2n) is 6.45. The van der Waals surface area contributed by atoms with Crippen molar-refractivity contribution in [1.29, 1.82) is 0 Å². The number of terminal acetylenes is 2. The van der Waals surface area contributed by atoms with Gasteiger partial charge in [-0.1, -0.05) is 11.6 Å². The summed E-state index contributed by atoms with van der Waals surface area (Å²) >= 11 is 5.56. The van der Waals surface area contributed by atoms with Crippen LogP contribution >= 0.6 is 11.6 Å². The van der Waals surface area contributed by atoms with Crippen LogP contribution in [0.2, 0.25) is 0 Å². The van der Waals surface area contributed by atoms with Crippen molar-refractivity contribution >= 4 is 29.7 Å². The molecule has 0 aliphatic heterocycles. The fourth-order valence-electron chi connectivity index (χ4n) is 1.85. The first-order chi connectivity index (χ1) is 13.2. The molecular weight excluding hydrogens is 388 g/mol. The van der Waals surface area contributed by atoms with Crippen LogP contribution in [0, 0.1) is 30.1 Å². The zero-order valence-corrected chi connectivity index (χ0v) is 17.1. The van der Waals surface area contributed by atoms with Crippen LogP contribution in [-0.2, 0) is 28.5 Å². The summed E-state index contributed by atoms with van der Waals surface area (Å²) in [5, 5.41) is 0. The number of halogens is 1. The molecule has 0 heterocycles. The molecule has 1 unspecified atom stereocenters. The van der Waals surface area contributed by atoms with E-state index in [0.717, 1.165) is 0 Å². The van der Waals surface area contributed by atoms with Gasteiger partial charge in [0.1, 0.15) is 19.8 Å². The molecule has 0 fully saturated rings. The van der Waals surface area contributed by atoms with Gasteiger partial charge in [-0.25, -0.2) is 4.79 Å². The number of unbranched alkanes of at least 4 members (excludes halogenated alkanes) is 2. The highest BCUT2D eigenvalue weighted by Gasteiger charge is 2.31. The van der Waals surface area contributed by atoms with E-state index in [-0.39, 0.29) is 32.7 Å². The highest BCUT2D eigenvalue weighted by atomic mass is 35.5. The van der Waals surface area contributed by atoms with E-state index in [1.165, 1.54) is 6.92 Å². The molecule has 156 valence electrons. The lowest BCUT2D eigenvalue weighted by Gasteiger charge is -2.28. The molecule has 1 atom stereocenters. The van der Waals surface area contributed by atoms with Crippen LogP contribution in [0.25, 0.3) is 0 Å². The third kappa shape index (κ3) is 13.8. The Morgan fingerprint density at radius 2 is 1.36 bits per heavy atom. The van der Waals surface area contributed by atoms with Crippen LogP contribution < -0.4 is 0 Å². The number of hydrogen-bond donors (Lipinski definition) is 0. The number of ether oxygens (including phenoxy) is 4. The smallest absolute Gasteiger partial charge is 0.465 e. The maximum absolute atomic E-state index is 11.8. The van der Waals surface area contributed by atoms with Gasteiger partial charge in [0, 0.05) is 25.7 Å². The van der Waals surface area contributed by atoms with Crippen LogP contribution in [0.4, 0.5) is 4.79 Å². The fourth-order valence-corrected chi connectivity index (χ4v) is 1.92. The third-order valence-corrected chi connectivity index (χ3v) is 3.45. The largest absolute Gasteiger partial charge is 0.509 e. The molecule has 0 N–H and O–H groups in total. The summed E-state index contributed by atoms with van der Waals surface area (Å²) in [6.45, 7) is 2.66. The molecule has 0 aromatic heterocycles. The Bertz CT molecular complexity index is 550. The normalized spacial score (nSPS) is 11.5. The molecule has 0 aliphatic rings. The monoisotopic (exact) mass is 414 g/mol. The number of hydrogen-bond acceptors (Lipinski definition) is 7. The van der Waals surface area contributed by atoms with Crippen molar-refractivity contribution in [2.75, 3.05) is 19.8 Å². The van der Waals surface area contributed by atoms with E-state index in [2.05, 4.69) is 16.6 Å². The zero-order valence-electron chi connectivity index (χ0n) is 16.3. The molecular formula is C20H27ClO7. The summed E-state index contributed by atoms with van der Waals surface area (Å²) in [6, 6.07) is 0. The minimum absolute atomic E-state index is 0.122. The summed E-state index contributed by atoms with van der Waals surface area (Å²) in [4.78, 5) is 35.1. The Balaban J connectivity index is 4.68. The highest BCUT2D eigenvalue weighted by molar-refractivity contribution is 6.19. The summed E-state index contributed by atoms with van der Waals surface area (Å²) < 4.78 is 20.1. The average Bonchev–Trinajstić information content (AvgIpc) is 2.63. The first-order valence-electron chi connectivity index (χ1n) is 8.88. The molecule has 0 saturated carbocycles. The van der Waals surface area contributed by atoms with E-state index in [9.17, 15) is 14.4 Å². The summed E-state index contributed by atoms with van der Waals surface area (Å²) in [5.74, 6) is 3.98. The van der Waals surface area contributed by atoms with E-state index in [1.807, 2.05) is 0 Å². The molecule has 0 amide bonds. The number of esters is 2. The van der Waals surface area contributed by atoms with Gasteiger partial charge in [-0.3, -0.25) is 9.59 Å². The topological polar surface area (TPSA) is 88.1 Å². The molecule has 0 spiro atoms. The molecule has 0 aliphatic carbocycles. The van der Waals surface area contributed by atoms with Crippen LogP contribution in [0.15, 0.2) is 0 Å². The number of carbonyl (C=O) groups is 3. The van der Waals surface area contributed by atoms with Crippen molar-refractivity contribution in [3.05, 3.63) is 0 Å². The van der Waals surface area contributed by atoms with Gasteiger partial charge < -0.3 is 18.9 Å². The Hall–Kier alpha value is -2.38. The van der Waals surface area contributed by atoms with Crippen LogP contribution in [0.3, 0.4) is 0 Å². The Kier molecular flexibility index (Phi) is 13.4. The van der Waals surface area contributed by atoms with Crippen molar-refractivity contribution in [2.45, 2.75) is 57.9 Å². The van der Waals surface area contributed by atoms with Gasteiger partial charge in [0.05, 0.1) is 5.41 Å². The van der Waals surface area contributed by atoms with E-state index in [1.54, 1.807) is 6.92 Å². The van der Waals surface area contributed by atoms with Gasteiger partial charge in [-0.2, -0.15) is 0 Å². The van der Waals surface area contributed by atoms with Crippen molar-refractivity contribution in [2.24, 2.45) is 5.41 Å². The maximum Gasteiger partial charge on any atom is 0.509 e. The number of carbonyl (C=O) groups excluding carboxylic acids is 3. The molecule has 8 heteroatoms. The lowest BCUT2D eigenvalue weighted by Crippen LogP contribution is -2.37. The second kappa shape index (κ2) is 14.6. The van der Waals surface area contributed by atoms with E-state index in [4.69, 9.17) is 38.7 Å². The van der Waals surface area contributed by atoms with Gasteiger partial charge in [-0.15, -0.1) is 24.7 Å². The molecule has 28 heavy (non-hydrogen) atoms. The minimum Gasteiger partial charge on any atom is -0.465 e. The summed E-state index contributed by atoms with van der Waals surface area (Å²) in [6.07, 6.45) is 11.6. The summed E-state index contributed by atoms with van der Waals surface area (Å²) in [5.41, 5.74) is -1.82. The maximum atomic E-state index is 11.8. The fraction of sp³-hybridized carbons (Fsp3) is 0.650. The minimum atomic E-state index is -0.977. The molecule has 0 aromatic carbocycles. The average molecular weight is 415 g/mol. The van der Waals surface area contributed by atoms with Crippen molar-refractivity contribution in [1.82, 2.24) is 0 Å². The highest BCUT2D eigenvalue weighted by Crippen LogP contribution is 2.20. The molecule has 0 rings (SSSR count). The standard InChI is InChI=1S/C20H27ClO7/c1-5-7-9-11-17(22)25-13-20(4,15-27-19(24)28-16(3)21)14-26-18(23)12-10-8-6-2/h1-2,16H,7-15H2,3-4H3. The molecule has 0 bridgehead atoms. The molecule has 0 saturated heterocycles. The van der Waals surface area contributed by atoms with Gasteiger partial charge in [0.25, 0.3) is 0 Å². The van der Waals surface area contributed by atoms with E-state index >= 15 is 0 Å². The third-order valence-electron chi connectivity index (χ3n) is 3.36. The zero-order chi connectivity index (χ0) is 21.4. The first-order valence-corrected chi connectivity index (χ1v) is 9.31. The molecule has 7 nitrogen and oxygen atoms in total. The Labute approximate surface area is 171 Å². The lowest BCUT2D eigenvalue weighted by atomic mass is 9.94. The van der Waals surface area contributed by atoms with Crippen LogP contribution in [0.1, 0.15) is 52.4 Å². The van der Waals surface area contributed by atoms with E-state index < -0.39 is 29.1 Å². The van der Waals surface area contributed by atoms with Gasteiger partial charge in [0.15, 0.2) is 5.56 Å². The quantitative estimate of drug-likeness (QED) is 0.150. The van der Waals surface area contributed by atoms with E-state index in [0.29, 0.717) is 25.7 Å². The lowest BCUT2D eigenvalue weighted by molar-refractivity contribution is -0.155. The first kappa shape index (κ1) is 25.6. The molecule has 0 aromatic rings.